The van der Waals surface area contributed by atoms with Crippen LogP contribution in [-0.4, -0.2) is 87.8 Å². The van der Waals surface area contributed by atoms with E-state index in [1.165, 1.54) is 16.7 Å². The normalized spacial score (nSPS) is 19.4. The van der Waals surface area contributed by atoms with Gasteiger partial charge in [0.1, 0.15) is 6.04 Å². The zero-order valence-electron chi connectivity index (χ0n) is 24.8. The fourth-order valence-electron chi connectivity index (χ4n) is 5.44. The molecule has 1 saturated heterocycles. The molecule has 4 atom stereocenters. The number of thiol groups is 1. The highest BCUT2D eigenvalue weighted by Gasteiger charge is 2.38. The average Bonchev–Trinajstić information content (AvgIpc) is 3.48. The van der Waals surface area contributed by atoms with Crippen LogP contribution in [0.2, 0.25) is 0 Å². The highest BCUT2D eigenvalue weighted by molar-refractivity contribution is 8.02. The molecule has 9 nitrogen and oxygen atoms in total. The molecule has 2 N–H and O–H groups in total. The molecule has 230 valence electrons. The predicted octanol–water partition coefficient (Wildman–Crippen LogP) is 3.19. The van der Waals surface area contributed by atoms with Gasteiger partial charge in [0.25, 0.3) is 11.8 Å². The number of amides is 5. The van der Waals surface area contributed by atoms with Gasteiger partial charge in [-0.3, -0.25) is 28.9 Å². The van der Waals surface area contributed by atoms with E-state index in [0.717, 1.165) is 5.56 Å². The lowest BCUT2D eigenvalue weighted by atomic mass is 10.0. The van der Waals surface area contributed by atoms with Crippen LogP contribution in [0.4, 0.5) is 0 Å². The molecule has 0 unspecified atom stereocenters. The lowest BCUT2D eigenvalue weighted by Crippen LogP contribution is -2.50. The summed E-state index contributed by atoms with van der Waals surface area (Å²) in [6, 6.07) is 15.6. The van der Waals surface area contributed by atoms with Crippen LogP contribution in [0.3, 0.4) is 0 Å². The van der Waals surface area contributed by atoms with Gasteiger partial charge < -0.3 is 15.5 Å². The maximum Gasteiger partial charge on any atom is 0.261 e. The molecule has 0 aromatic heterocycles. The van der Waals surface area contributed by atoms with Crippen molar-refractivity contribution in [2.45, 2.75) is 61.3 Å². The van der Waals surface area contributed by atoms with E-state index < -0.39 is 11.3 Å². The van der Waals surface area contributed by atoms with E-state index in [1.54, 1.807) is 36.2 Å². The number of thioether (sulfide) groups is 1. The van der Waals surface area contributed by atoms with Crippen molar-refractivity contribution in [3.63, 3.8) is 0 Å². The van der Waals surface area contributed by atoms with Crippen LogP contribution in [0.15, 0.2) is 54.6 Å². The Morgan fingerprint density at radius 1 is 0.953 bits per heavy atom. The Morgan fingerprint density at radius 3 is 2.19 bits per heavy atom. The maximum atomic E-state index is 13.5. The molecule has 2 aliphatic heterocycles. The molecule has 43 heavy (non-hydrogen) atoms. The second-order valence-electron chi connectivity index (χ2n) is 11.4. The lowest BCUT2D eigenvalue weighted by Gasteiger charge is -2.26. The molecular weight excluding hydrogens is 585 g/mol. The van der Waals surface area contributed by atoms with Gasteiger partial charge in [0.05, 0.1) is 16.4 Å². The molecule has 0 radical (unpaired) electrons. The highest BCUT2D eigenvalue weighted by atomic mass is 32.2. The van der Waals surface area contributed by atoms with Gasteiger partial charge in [-0.1, -0.05) is 56.3 Å². The van der Waals surface area contributed by atoms with Gasteiger partial charge in [-0.05, 0) is 36.5 Å². The number of carbonyl (C=O) groups excluding carboxylic acids is 5. The van der Waals surface area contributed by atoms with Gasteiger partial charge in [-0.25, -0.2) is 0 Å². The van der Waals surface area contributed by atoms with Crippen LogP contribution in [0.1, 0.15) is 59.4 Å². The van der Waals surface area contributed by atoms with E-state index in [9.17, 15) is 24.0 Å². The SMILES string of the molecule is CNC(=O)[C@H](Cc1ccccc1)NC(=O)[C@@H](CC(C)C)S[C@H]1CN(C(=O)CCCN2C(=O)c3ccccc3C2=O)C[C@H]1S. The Kier molecular flexibility index (Phi) is 11.3. The van der Waals surface area contributed by atoms with Gasteiger partial charge in [0, 0.05) is 50.0 Å². The summed E-state index contributed by atoms with van der Waals surface area (Å²) in [4.78, 5) is 67.5. The van der Waals surface area contributed by atoms with Gasteiger partial charge in [-0.2, -0.15) is 12.6 Å². The Bertz CT molecular complexity index is 1300. The van der Waals surface area contributed by atoms with Crippen molar-refractivity contribution in [3.8, 4) is 0 Å². The molecule has 2 aromatic rings. The molecule has 11 heteroatoms. The van der Waals surface area contributed by atoms with Crippen LogP contribution >= 0.6 is 24.4 Å². The number of carbonyl (C=O) groups is 5. The van der Waals surface area contributed by atoms with Crippen molar-refractivity contribution in [3.05, 3.63) is 71.3 Å². The number of nitrogens with one attached hydrogen (secondary N) is 2. The first-order valence-electron chi connectivity index (χ1n) is 14.7. The number of nitrogens with zero attached hydrogens (tertiary/aromatic N) is 2. The van der Waals surface area contributed by atoms with E-state index in [4.69, 9.17) is 12.6 Å². The summed E-state index contributed by atoms with van der Waals surface area (Å²) in [6.45, 7) is 5.20. The summed E-state index contributed by atoms with van der Waals surface area (Å²) in [5.74, 6) is -0.913. The third-order valence-corrected chi connectivity index (χ3v) is 10.0. The first-order chi connectivity index (χ1) is 20.6. The van der Waals surface area contributed by atoms with Gasteiger partial charge in [0.15, 0.2) is 0 Å². The number of likely N-dealkylation sites (N-methyl/N-ethyl adjacent to an activating group) is 1. The summed E-state index contributed by atoms with van der Waals surface area (Å²) in [6.07, 6.45) is 1.57. The van der Waals surface area contributed by atoms with Gasteiger partial charge in [0.2, 0.25) is 17.7 Å². The maximum absolute atomic E-state index is 13.5. The standard InChI is InChI=1S/C32H40N4O5S2/c1-20(2)16-26(30(39)34-24(29(38)33-3)17-21-10-5-4-6-11-21)43-27-19-35(18-25(27)42)28(37)14-9-15-36-31(40)22-12-7-8-13-23(22)32(36)41/h4-8,10-13,20,24-27,42H,9,14-19H2,1-3H3,(H,33,38)(H,34,39)/t24-,25+,26+,27-/m0/s1. The summed E-state index contributed by atoms with van der Waals surface area (Å²) >= 11 is 6.28. The third kappa shape index (κ3) is 8.20. The Labute approximate surface area is 262 Å². The fourth-order valence-corrected chi connectivity index (χ4v) is 7.59. The monoisotopic (exact) mass is 624 g/mol. The summed E-state index contributed by atoms with van der Waals surface area (Å²) in [5, 5.41) is 5.04. The molecule has 0 spiro atoms. The van der Waals surface area contributed by atoms with Crippen molar-refractivity contribution < 1.29 is 24.0 Å². The summed E-state index contributed by atoms with van der Waals surface area (Å²) in [7, 11) is 1.56. The lowest BCUT2D eigenvalue weighted by molar-refractivity contribution is -0.130. The zero-order chi connectivity index (χ0) is 31.1. The Balaban J connectivity index is 1.32. The second kappa shape index (κ2) is 14.9. The third-order valence-electron chi connectivity index (χ3n) is 7.72. The largest absolute Gasteiger partial charge is 0.357 e. The molecule has 0 saturated carbocycles. The Hall–Kier alpha value is -3.31. The van der Waals surface area contributed by atoms with Gasteiger partial charge in [-0.15, -0.1) is 11.8 Å². The molecule has 0 aliphatic carbocycles. The van der Waals surface area contributed by atoms with Crippen LogP contribution < -0.4 is 10.6 Å². The van der Waals surface area contributed by atoms with Crippen molar-refractivity contribution in [2.75, 3.05) is 26.7 Å². The quantitative estimate of drug-likeness (QED) is 0.233. The van der Waals surface area contributed by atoms with E-state index in [1.807, 2.05) is 30.3 Å². The number of rotatable bonds is 13. The molecule has 1 fully saturated rings. The Morgan fingerprint density at radius 2 is 1.58 bits per heavy atom. The van der Waals surface area contributed by atoms with E-state index in [2.05, 4.69) is 24.5 Å². The van der Waals surface area contributed by atoms with E-state index in [-0.39, 0.29) is 58.9 Å². The number of fused-ring (bicyclic) bond motifs is 1. The summed E-state index contributed by atoms with van der Waals surface area (Å²) in [5.41, 5.74) is 1.75. The number of benzene rings is 2. The number of imide groups is 1. The van der Waals surface area contributed by atoms with Crippen LogP contribution in [-0.2, 0) is 20.8 Å². The molecule has 0 bridgehead atoms. The zero-order valence-corrected chi connectivity index (χ0v) is 26.5. The molecule has 5 amide bonds. The highest BCUT2D eigenvalue weighted by Crippen LogP contribution is 2.33. The van der Waals surface area contributed by atoms with Crippen molar-refractivity contribution in [1.82, 2.24) is 20.4 Å². The first kappa shape index (κ1) is 32.6. The topological polar surface area (TPSA) is 116 Å². The van der Waals surface area contributed by atoms with Crippen LogP contribution in [0.25, 0.3) is 0 Å². The first-order valence-corrected chi connectivity index (χ1v) is 16.2. The fraction of sp³-hybridized carbons (Fsp3) is 0.469. The number of likely N-dealkylation sites (tertiary alicyclic amines) is 1. The molecule has 2 aliphatic rings. The second-order valence-corrected chi connectivity index (χ2v) is 13.5. The predicted molar refractivity (Wildman–Crippen MR) is 171 cm³/mol. The van der Waals surface area contributed by atoms with Crippen molar-refractivity contribution in [1.29, 1.82) is 0 Å². The average molecular weight is 625 g/mol. The van der Waals surface area contributed by atoms with Gasteiger partial charge >= 0.3 is 0 Å². The number of hydrogen-bond acceptors (Lipinski definition) is 7. The minimum atomic E-state index is -0.703. The van der Waals surface area contributed by atoms with E-state index in [0.29, 0.717) is 43.5 Å². The molecule has 4 rings (SSSR count). The smallest absolute Gasteiger partial charge is 0.261 e. The molecular formula is C32H40N4O5S2. The minimum Gasteiger partial charge on any atom is -0.357 e. The van der Waals surface area contributed by atoms with Crippen molar-refractivity contribution >= 4 is 53.9 Å². The number of hydrogen-bond donors (Lipinski definition) is 3. The molecule has 2 heterocycles. The van der Waals surface area contributed by atoms with Crippen LogP contribution in [0.5, 0.6) is 0 Å². The van der Waals surface area contributed by atoms with E-state index >= 15 is 0 Å². The summed E-state index contributed by atoms with van der Waals surface area (Å²) < 4.78 is 0. The van der Waals surface area contributed by atoms with Crippen LogP contribution in [0, 0.1) is 5.92 Å². The molecule has 2 aromatic carbocycles. The minimum absolute atomic E-state index is 0.0637. The van der Waals surface area contributed by atoms with Crippen molar-refractivity contribution in [2.24, 2.45) is 5.92 Å².